The average Bonchev–Trinajstić information content (AvgIpc) is 3.48. The lowest BCUT2D eigenvalue weighted by molar-refractivity contribution is -0.299. The Balaban J connectivity index is 1.59. The Kier molecular flexibility index (Phi) is 3.56. The van der Waals surface area contributed by atoms with Crippen LogP contribution in [0.15, 0.2) is 66.2 Å². The van der Waals surface area contributed by atoms with Crippen LogP contribution < -0.4 is 24.1 Å². The van der Waals surface area contributed by atoms with Gasteiger partial charge in [-0.2, -0.15) is 0 Å². The Hall–Kier alpha value is -3.93. The fourth-order valence-electron chi connectivity index (χ4n) is 4.44. The molecule has 1 aliphatic carbocycles. The van der Waals surface area contributed by atoms with Crippen molar-refractivity contribution in [2.45, 2.75) is 5.92 Å². The Morgan fingerprint density at radius 2 is 1.47 bits per heavy atom. The van der Waals surface area contributed by atoms with E-state index >= 15 is 0 Å². The maximum absolute atomic E-state index is 12.4. The lowest BCUT2D eigenvalue weighted by Crippen LogP contribution is -2.27. The molecule has 2 heterocycles. The van der Waals surface area contributed by atoms with Gasteiger partial charge in [-0.25, -0.2) is 0 Å². The van der Waals surface area contributed by atoms with E-state index in [1.807, 2.05) is 54.6 Å². The Labute approximate surface area is 171 Å². The van der Waals surface area contributed by atoms with E-state index in [0.29, 0.717) is 28.6 Å². The van der Waals surface area contributed by atoms with Crippen LogP contribution >= 0.6 is 0 Å². The van der Waals surface area contributed by atoms with Gasteiger partial charge in [0, 0.05) is 5.92 Å². The van der Waals surface area contributed by atoms with Crippen LogP contribution in [0.2, 0.25) is 0 Å². The van der Waals surface area contributed by atoms with Gasteiger partial charge >= 0.3 is 0 Å². The summed E-state index contributed by atoms with van der Waals surface area (Å²) in [6, 6.07) is 18.7. The molecule has 0 amide bonds. The molecular weight excluding hydrogens is 384 g/mol. The molecule has 1 atom stereocenters. The van der Waals surface area contributed by atoms with Crippen molar-refractivity contribution in [2.75, 3.05) is 13.6 Å². The number of fused-ring (bicyclic) bond motifs is 3. The molecule has 0 saturated carbocycles. The SMILES string of the molecule is O=C([O-])C1=C(c2ccc3c(c2)OCO3)c2ccccc2C1c1ccc2c(c1)OCO2. The molecule has 0 N–H and O–H groups in total. The van der Waals surface area contributed by atoms with Crippen molar-refractivity contribution >= 4 is 11.5 Å². The number of carboxylic acid groups (broad SMARTS) is 1. The van der Waals surface area contributed by atoms with E-state index in [0.717, 1.165) is 22.3 Å². The number of carboxylic acids is 1. The van der Waals surface area contributed by atoms with E-state index in [4.69, 9.17) is 18.9 Å². The molecule has 0 radical (unpaired) electrons. The quantitative estimate of drug-likeness (QED) is 0.674. The van der Waals surface area contributed by atoms with E-state index < -0.39 is 11.9 Å². The Morgan fingerprint density at radius 3 is 2.23 bits per heavy atom. The maximum atomic E-state index is 12.4. The van der Waals surface area contributed by atoms with E-state index in [-0.39, 0.29) is 19.2 Å². The second-order valence-corrected chi connectivity index (χ2v) is 7.28. The van der Waals surface area contributed by atoms with Crippen molar-refractivity contribution in [2.24, 2.45) is 0 Å². The minimum absolute atomic E-state index is 0.154. The molecule has 2 aliphatic heterocycles. The molecule has 3 aromatic carbocycles. The van der Waals surface area contributed by atoms with Crippen LogP contribution in [0.25, 0.3) is 5.57 Å². The number of benzene rings is 3. The summed E-state index contributed by atoms with van der Waals surface area (Å²) in [5, 5.41) is 12.4. The third-order valence-electron chi connectivity index (χ3n) is 5.71. The largest absolute Gasteiger partial charge is 0.545 e. The molecule has 0 aromatic heterocycles. The molecule has 0 fully saturated rings. The van der Waals surface area contributed by atoms with Crippen molar-refractivity contribution < 1.29 is 28.8 Å². The molecule has 6 nitrogen and oxygen atoms in total. The van der Waals surface area contributed by atoms with Gasteiger partial charge < -0.3 is 28.8 Å². The van der Waals surface area contributed by atoms with Crippen molar-refractivity contribution in [1.82, 2.24) is 0 Å². The van der Waals surface area contributed by atoms with Crippen LogP contribution in [0, 0.1) is 0 Å². The van der Waals surface area contributed by atoms with Gasteiger partial charge in [-0.05, 0) is 57.7 Å². The van der Waals surface area contributed by atoms with Gasteiger partial charge in [-0.15, -0.1) is 0 Å². The summed E-state index contributed by atoms with van der Waals surface area (Å²) in [7, 11) is 0. The zero-order chi connectivity index (χ0) is 20.2. The number of rotatable bonds is 3. The highest BCUT2D eigenvalue weighted by molar-refractivity contribution is 6.06. The molecule has 3 aliphatic rings. The molecule has 148 valence electrons. The highest BCUT2D eigenvalue weighted by atomic mass is 16.7. The molecule has 0 saturated heterocycles. The molecule has 30 heavy (non-hydrogen) atoms. The summed E-state index contributed by atoms with van der Waals surface area (Å²) in [4.78, 5) is 12.4. The second kappa shape index (κ2) is 6.29. The molecular formula is C24H15O6-. The van der Waals surface area contributed by atoms with Gasteiger partial charge in [0.25, 0.3) is 0 Å². The topological polar surface area (TPSA) is 77.1 Å². The first kappa shape index (κ1) is 17.0. The molecule has 0 spiro atoms. The van der Waals surface area contributed by atoms with Gasteiger partial charge in [0.15, 0.2) is 23.0 Å². The first-order chi connectivity index (χ1) is 14.7. The van der Waals surface area contributed by atoms with Crippen LogP contribution in [0.1, 0.15) is 28.2 Å². The third kappa shape index (κ3) is 2.40. The number of carbonyl (C=O) groups is 1. The molecule has 1 unspecified atom stereocenters. The molecule has 3 aromatic rings. The van der Waals surface area contributed by atoms with E-state index in [2.05, 4.69) is 0 Å². The first-order valence-electron chi connectivity index (χ1n) is 9.55. The maximum Gasteiger partial charge on any atom is 0.231 e. The number of aliphatic carboxylic acids is 1. The predicted octanol–water partition coefficient (Wildman–Crippen LogP) is 2.84. The minimum atomic E-state index is -1.21. The monoisotopic (exact) mass is 399 g/mol. The first-order valence-corrected chi connectivity index (χ1v) is 9.55. The number of carbonyl (C=O) groups excluding carboxylic acids is 1. The molecule has 6 heteroatoms. The van der Waals surface area contributed by atoms with Crippen molar-refractivity contribution in [3.8, 4) is 23.0 Å². The number of hydrogen-bond donors (Lipinski definition) is 0. The highest BCUT2D eigenvalue weighted by Gasteiger charge is 2.35. The fraction of sp³-hybridized carbons (Fsp3) is 0.125. The van der Waals surface area contributed by atoms with Crippen LogP contribution in [-0.4, -0.2) is 19.6 Å². The van der Waals surface area contributed by atoms with Crippen LogP contribution in [0.5, 0.6) is 23.0 Å². The number of hydrogen-bond acceptors (Lipinski definition) is 6. The summed E-state index contributed by atoms with van der Waals surface area (Å²) in [5.41, 5.74) is 4.16. The fourth-order valence-corrected chi connectivity index (χ4v) is 4.44. The Bertz CT molecular complexity index is 1240. The predicted molar refractivity (Wildman–Crippen MR) is 104 cm³/mol. The summed E-state index contributed by atoms with van der Waals surface area (Å²) in [5.74, 6) is 0.816. The molecule has 0 bridgehead atoms. The van der Waals surface area contributed by atoms with Crippen molar-refractivity contribution in [1.29, 1.82) is 0 Å². The van der Waals surface area contributed by atoms with Crippen molar-refractivity contribution in [3.63, 3.8) is 0 Å². The van der Waals surface area contributed by atoms with Crippen LogP contribution in [0.3, 0.4) is 0 Å². The minimum Gasteiger partial charge on any atom is -0.545 e. The lowest BCUT2D eigenvalue weighted by Gasteiger charge is -2.19. The van der Waals surface area contributed by atoms with Gasteiger partial charge in [0.05, 0.1) is 5.97 Å². The van der Waals surface area contributed by atoms with Gasteiger partial charge in [-0.3, -0.25) is 0 Å². The van der Waals surface area contributed by atoms with Crippen molar-refractivity contribution in [3.05, 3.63) is 88.5 Å². The van der Waals surface area contributed by atoms with Gasteiger partial charge in [-0.1, -0.05) is 36.4 Å². The lowest BCUT2D eigenvalue weighted by atomic mass is 9.88. The van der Waals surface area contributed by atoms with Crippen LogP contribution in [-0.2, 0) is 4.79 Å². The van der Waals surface area contributed by atoms with E-state index in [1.165, 1.54) is 0 Å². The summed E-state index contributed by atoms with van der Waals surface area (Å²) in [6.07, 6.45) is 0. The summed E-state index contributed by atoms with van der Waals surface area (Å²) < 4.78 is 21.8. The standard InChI is InChI=1S/C24H16O6/c25-24(26)23-21(13-5-7-17-19(9-13)29-11-27-17)15-3-1-2-4-16(15)22(23)14-6-8-18-20(10-14)30-12-28-18/h1-10,21H,11-12H2,(H,25,26)/p-1. The zero-order valence-corrected chi connectivity index (χ0v) is 15.7. The van der Waals surface area contributed by atoms with Gasteiger partial charge in [0.1, 0.15) is 0 Å². The smallest absolute Gasteiger partial charge is 0.231 e. The van der Waals surface area contributed by atoms with Gasteiger partial charge in [0.2, 0.25) is 13.6 Å². The normalized spacial score (nSPS) is 17.9. The van der Waals surface area contributed by atoms with E-state index in [1.54, 1.807) is 6.07 Å². The molecule has 6 rings (SSSR count). The van der Waals surface area contributed by atoms with Crippen LogP contribution in [0.4, 0.5) is 0 Å². The average molecular weight is 399 g/mol. The summed E-state index contributed by atoms with van der Waals surface area (Å²) in [6.45, 7) is 0.313. The Morgan fingerprint density at radius 1 is 0.800 bits per heavy atom. The van der Waals surface area contributed by atoms with E-state index in [9.17, 15) is 9.90 Å². The summed E-state index contributed by atoms with van der Waals surface area (Å²) >= 11 is 0. The third-order valence-corrected chi connectivity index (χ3v) is 5.71. The highest BCUT2D eigenvalue weighted by Crippen LogP contribution is 2.50. The number of ether oxygens (including phenoxy) is 4. The second-order valence-electron chi connectivity index (χ2n) is 7.28. The zero-order valence-electron chi connectivity index (χ0n) is 15.7.